The van der Waals surface area contributed by atoms with Crippen LogP contribution in [0.15, 0.2) is 12.1 Å². The molecule has 136 valence electrons. The van der Waals surface area contributed by atoms with Gasteiger partial charge in [-0.05, 0) is 43.0 Å². The molecule has 1 N–H and O–H groups in total. The molecule has 2 aliphatic rings. The Hall–Kier alpha value is -0.970. The Balaban J connectivity index is 0.00000208. The van der Waals surface area contributed by atoms with E-state index in [1.807, 2.05) is 0 Å². The van der Waals surface area contributed by atoms with Crippen LogP contribution >= 0.6 is 12.4 Å². The van der Waals surface area contributed by atoms with Gasteiger partial charge in [-0.25, -0.2) is 0 Å². The number of rotatable bonds is 4. The normalized spacial score (nSPS) is 20.5. The van der Waals surface area contributed by atoms with E-state index in [1.54, 1.807) is 14.2 Å². The second kappa shape index (κ2) is 8.41. The number of halogens is 1. The molecule has 5 heteroatoms. The number of nitrogens with one attached hydrogen (secondary N) is 1. The van der Waals surface area contributed by atoms with Crippen LogP contribution in [0.4, 0.5) is 0 Å². The van der Waals surface area contributed by atoms with Gasteiger partial charge in [0, 0.05) is 31.7 Å². The highest BCUT2D eigenvalue weighted by Gasteiger charge is 2.39. The summed E-state index contributed by atoms with van der Waals surface area (Å²) >= 11 is 0. The molecule has 1 saturated carbocycles. The van der Waals surface area contributed by atoms with Crippen molar-refractivity contribution in [1.82, 2.24) is 10.2 Å². The molecule has 2 fully saturated rings. The van der Waals surface area contributed by atoms with Crippen LogP contribution < -0.4 is 14.8 Å². The van der Waals surface area contributed by atoms with E-state index in [0.717, 1.165) is 37.7 Å². The molecule has 1 spiro atoms. The van der Waals surface area contributed by atoms with Crippen LogP contribution in [0.1, 0.15) is 43.2 Å². The van der Waals surface area contributed by atoms with Crippen molar-refractivity contribution in [1.29, 1.82) is 0 Å². The van der Waals surface area contributed by atoms with Crippen LogP contribution in [-0.4, -0.2) is 44.3 Å². The maximum Gasteiger partial charge on any atom is 0.161 e. The van der Waals surface area contributed by atoms with Gasteiger partial charge in [0.15, 0.2) is 11.5 Å². The summed E-state index contributed by atoms with van der Waals surface area (Å²) in [4.78, 5) is 2.72. The Labute approximate surface area is 152 Å². The summed E-state index contributed by atoms with van der Waals surface area (Å²) in [6.45, 7) is 6.54. The smallest absolute Gasteiger partial charge is 0.161 e. The molecule has 1 aromatic rings. The average Bonchev–Trinajstić information content (AvgIpc) is 2.59. The lowest BCUT2D eigenvalue weighted by atomic mass is 9.78. The summed E-state index contributed by atoms with van der Waals surface area (Å²) in [6.07, 6.45) is 6.77. The van der Waals surface area contributed by atoms with Gasteiger partial charge in [0.2, 0.25) is 0 Å². The molecule has 0 atom stereocenters. The van der Waals surface area contributed by atoms with E-state index in [2.05, 4.69) is 29.3 Å². The number of nitrogens with zero attached hydrogens (tertiary/aromatic N) is 1. The van der Waals surface area contributed by atoms with Gasteiger partial charge in [0.05, 0.1) is 14.2 Å². The molecule has 0 radical (unpaired) electrons. The van der Waals surface area contributed by atoms with Gasteiger partial charge in [-0.15, -0.1) is 12.4 Å². The van der Waals surface area contributed by atoms with Gasteiger partial charge in [-0.3, -0.25) is 4.90 Å². The van der Waals surface area contributed by atoms with E-state index in [-0.39, 0.29) is 12.4 Å². The van der Waals surface area contributed by atoms with Crippen molar-refractivity contribution in [3.63, 3.8) is 0 Å². The molecule has 0 unspecified atom stereocenters. The third-order valence-corrected chi connectivity index (χ3v) is 5.67. The van der Waals surface area contributed by atoms with Gasteiger partial charge in [0.25, 0.3) is 0 Å². The molecular formula is C19H31ClN2O2. The molecule has 3 rings (SSSR count). The lowest BCUT2D eigenvalue weighted by Gasteiger charge is -2.50. The first-order valence-electron chi connectivity index (χ1n) is 8.86. The van der Waals surface area contributed by atoms with Crippen LogP contribution in [0, 0.1) is 6.92 Å². The fraction of sp³-hybridized carbons (Fsp3) is 0.684. The van der Waals surface area contributed by atoms with Gasteiger partial charge in [-0.2, -0.15) is 0 Å². The standard InChI is InChI=1S/C19H30N2O2.ClH/c1-15-11-17(22-2)18(23-3)12-16(15)13-21-10-9-20-14-19(21)7-5-4-6-8-19;/h11-12,20H,4-10,13-14H2,1-3H3;1H. The Morgan fingerprint density at radius 3 is 2.42 bits per heavy atom. The van der Waals surface area contributed by atoms with E-state index in [0.29, 0.717) is 5.54 Å². The summed E-state index contributed by atoms with van der Waals surface area (Å²) in [5, 5.41) is 3.63. The summed E-state index contributed by atoms with van der Waals surface area (Å²) < 4.78 is 10.9. The van der Waals surface area contributed by atoms with Crippen molar-refractivity contribution in [2.45, 2.75) is 51.1 Å². The largest absolute Gasteiger partial charge is 0.493 e. The number of aryl methyl sites for hydroxylation is 1. The van der Waals surface area contributed by atoms with E-state index < -0.39 is 0 Å². The minimum Gasteiger partial charge on any atom is -0.493 e. The second-order valence-corrected chi connectivity index (χ2v) is 7.02. The van der Waals surface area contributed by atoms with E-state index in [4.69, 9.17) is 9.47 Å². The van der Waals surface area contributed by atoms with Gasteiger partial charge >= 0.3 is 0 Å². The summed E-state index contributed by atoms with van der Waals surface area (Å²) in [7, 11) is 3.41. The second-order valence-electron chi connectivity index (χ2n) is 7.02. The highest BCUT2D eigenvalue weighted by Crippen LogP contribution is 2.37. The molecule has 1 saturated heterocycles. The van der Waals surface area contributed by atoms with Crippen molar-refractivity contribution in [3.05, 3.63) is 23.3 Å². The fourth-order valence-corrected chi connectivity index (χ4v) is 4.23. The third-order valence-electron chi connectivity index (χ3n) is 5.67. The topological polar surface area (TPSA) is 33.7 Å². The van der Waals surface area contributed by atoms with E-state index >= 15 is 0 Å². The number of hydrogen-bond acceptors (Lipinski definition) is 4. The molecular weight excluding hydrogens is 324 g/mol. The Kier molecular flexibility index (Phi) is 6.79. The van der Waals surface area contributed by atoms with Crippen LogP contribution in [-0.2, 0) is 6.54 Å². The molecule has 4 nitrogen and oxygen atoms in total. The SMILES string of the molecule is COc1cc(C)c(CN2CCNCC23CCCCC3)cc1OC.Cl. The number of hydrogen-bond donors (Lipinski definition) is 1. The maximum atomic E-state index is 5.50. The molecule has 24 heavy (non-hydrogen) atoms. The molecule has 0 amide bonds. The van der Waals surface area contributed by atoms with E-state index in [9.17, 15) is 0 Å². The summed E-state index contributed by atoms with van der Waals surface area (Å²) in [5.74, 6) is 1.65. The van der Waals surface area contributed by atoms with Crippen molar-refractivity contribution in [3.8, 4) is 11.5 Å². The minimum atomic E-state index is 0. The Morgan fingerprint density at radius 2 is 1.75 bits per heavy atom. The van der Waals surface area contributed by atoms with Crippen molar-refractivity contribution in [2.75, 3.05) is 33.9 Å². The molecule has 1 heterocycles. The predicted molar refractivity (Wildman–Crippen MR) is 101 cm³/mol. The lowest BCUT2D eigenvalue weighted by Crippen LogP contribution is -2.61. The predicted octanol–water partition coefficient (Wildman–Crippen LogP) is 3.54. The number of piperazine rings is 1. The van der Waals surface area contributed by atoms with Crippen LogP contribution in [0.5, 0.6) is 11.5 Å². The zero-order chi connectivity index (χ0) is 16.3. The van der Waals surface area contributed by atoms with Crippen molar-refractivity contribution >= 4 is 12.4 Å². The molecule has 0 bridgehead atoms. The van der Waals surface area contributed by atoms with Crippen LogP contribution in [0.3, 0.4) is 0 Å². The molecule has 1 aliphatic heterocycles. The highest BCUT2D eigenvalue weighted by molar-refractivity contribution is 5.85. The number of benzene rings is 1. The van der Waals surface area contributed by atoms with Gasteiger partial charge in [-0.1, -0.05) is 19.3 Å². The Morgan fingerprint density at radius 1 is 1.08 bits per heavy atom. The third kappa shape index (κ3) is 3.81. The molecule has 0 aromatic heterocycles. The van der Waals surface area contributed by atoms with Crippen LogP contribution in [0.2, 0.25) is 0 Å². The monoisotopic (exact) mass is 354 g/mol. The average molecular weight is 355 g/mol. The van der Waals surface area contributed by atoms with Gasteiger partial charge < -0.3 is 14.8 Å². The lowest BCUT2D eigenvalue weighted by molar-refractivity contribution is 0.0207. The minimum absolute atomic E-state index is 0. The fourth-order valence-electron chi connectivity index (χ4n) is 4.23. The summed E-state index contributed by atoms with van der Waals surface area (Å²) in [6, 6.07) is 4.26. The van der Waals surface area contributed by atoms with Crippen LogP contribution in [0.25, 0.3) is 0 Å². The molecule has 1 aromatic carbocycles. The summed E-state index contributed by atoms with van der Waals surface area (Å²) in [5.41, 5.74) is 3.00. The first-order chi connectivity index (χ1) is 11.2. The zero-order valence-electron chi connectivity index (χ0n) is 15.2. The Bertz CT molecular complexity index is 536. The first kappa shape index (κ1) is 19.4. The van der Waals surface area contributed by atoms with Crippen molar-refractivity contribution < 1.29 is 9.47 Å². The number of methoxy groups -OCH3 is 2. The van der Waals surface area contributed by atoms with Crippen molar-refractivity contribution in [2.24, 2.45) is 0 Å². The first-order valence-corrected chi connectivity index (χ1v) is 8.86. The zero-order valence-corrected chi connectivity index (χ0v) is 16.0. The highest BCUT2D eigenvalue weighted by atomic mass is 35.5. The quantitative estimate of drug-likeness (QED) is 0.896. The van der Waals surface area contributed by atoms with Gasteiger partial charge in [0.1, 0.15) is 0 Å². The van der Waals surface area contributed by atoms with E-state index in [1.165, 1.54) is 43.2 Å². The maximum absolute atomic E-state index is 5.50. The number of ether oxygens (including phenoxy) is 2. The molecule has 1 aliphatic carbocycles.